The average Bonchev–Trinajstić information content (AvgIpc) is 3.08. The van der Waals surface area contributed by atoms with Crippen LogP contribution in [0.25, 0.3) is 0 Å². The summed E-state index contributed by atoms with van der Waals surface area (Å²) in [6.45, 7) is 3.41. The van der Waals surface area contributed by atoms with Crippen molar-refractivity contribution in [3.8, 4) is 0 Å². The van der Waals surface area contributed by atoms with Gasteiger partial charge in [-0.15, -0.1) is 5.10 Å². The molecule has 1 fully saturated rings. The maximum atomic E-state index is 12.4. The highest BCUT2D eigenvalue weighted by Crippen LogP contribution is 2.20. The van der Waals surface area contributed by atoms with Crippen molar-refractivity contribution < 1.29 is 9.53 Å². The van der Waals surface area contributed by atoms with Crippen LogP contribution in [0.2, 0.25) is 0 Å². The summed E-state index contributed by atoms with van der Waals surface area (Å²) in [6.07, 6.45) is 1.60. The van der Waals surface area contributed by atoms with E-state index >= 15 is 0 Å². The van der Waals surface area contributed by atoms with E-state index in [4.69, 9.17) is 4.74 Å². The molecular formula is C12H17N7O2. The van der Waals surface area contributed by atoms with E-state index in [1.807, 2.05) is 6.92 Å². The fourth-order valence-electron chi connectivity index (χ4n) is 2.36. The molecule has 9 nitrogen and oxygen atoms in total. The van der Waals surface area contributed by atoms with Gasteiger partial charge in [0.1, 0.15) is 6.10 Å². The third-order valence-electron chi connectivity index (χ3n) is 3.61. The minimum absolute atomic E-state index is 0.0358. The zero-order valence-corrected chi connectivity index (χ0v) is 12.0. The van der Waals surface area contributed by atoms with Crippen molar-refractivity contribution in [3.05, 3.63) is 23.5 Å². The lowest BCUT2D eigenvalue weighted by molar-refractivity contribution is -0.138. The number of ether oxygens (including phenoxy) is 1. The number of imidazole rings is 1. The van der Waals surface area contributed by atoms with Gasteiger partial charge in [0.2, 0.25) is 5.91 Å². The lowest BCUT2D eigenvalue weighted by Crippen LogP contribution is -2.43. The van der Waals surface area contributed by atoms with Gasteiger partial charge in [0, 0.05) is 19.3 Å². The van der Waals surface area contributed by atoms with E-state index in [1.54, 1.807) is 23.0 Å². The van der Waals surface area contributed by atoms with Crippen molar-refractivity contribution in [2.75, 3.05) is 19.7 Å². The molecule has 0 bridgehead atoms. The Labute approximate surface area is 121 Å². The van der Waals surface area contributed by atoms with Crippen molar-refractivity contribution in [1.82, 2.24) is 35.1 Å². The predicted molar refractivity (Wildman–Crippen MR) is 71.1 cm³/mol. The lowest BCUT2D eigenvalue weighted by Gasteiger charge is -2.32. The molecule has 1 aliphatic rings. The molecule has 2 aromatic heterocycles. The monoisotopic (exact) mass is 291 g/mol. The minimum atomic E-state index is -0.289. The largest absolute Gasteiger partial charge is 0.366 e. The van der Waals surface area contributed by atoms with Gasteiger partial charge in [-0.05, 0) is 17.4 Å². The smallest absolute Gasteiger partial charge is 0.228 e. The van der Waals surface area contributed by atoms with Gasteiger partial charge < -0.3 is 14.6 Å². The zero-order valence-electron chi connectivity index (χ0n) is 12.0. The summed E-state index contributed by atoms with van der Waals surface area (Å²) in [5.74, 6) is 0.664. The van der Waals surface area contributed by atoms with Crippen LogP contribution in [-0.4, -0.2) is 60.7 Å². The summed E-state index contributed by atoms with van der Waals surface area (Å²) in [6, 6.07) is 0. The second-order valence-electron chi connectivity index (χ2n) is 5.01. The van der Waals surface area contributed by atoms with Crippen LogP contribution in [0.1, 0.15) is 23.3 Å². The van der Waals surface area contributed by atoms with Crippen LogP contribution in [0, 0.1) is 6.92 Å². The van der Waals surface area contributed by atoms with Gasteiger partial charge in [-0.25, -0.2) is 9.67 Å². The summed E-state index contributed by atoms with van der Waals surface area (Å²) < 4.78 is 7.23. The Kier molecular flexibility index (Phi) is 3.65. The zero-order chi connectivity index (χ0) is 14.8. The number of hydrogen-bond donors (Lipinski definition) is 1. The van der Waals surface area contributed by atoms with Gasteiger partial charge in [0.05, 0.1) is 31.6 Å². The van der Waals surface area contributed by atoms with Crippen LogP contribution < -0.4 is 0 Å². The van der Waals surface area contributed by atoms with Crippen LogP contribution in [-0.2, 0) is 23.0 Å². The second kappa shape index (κ2) is 5.60. The molecule has 0 aliphatic carbocycles. The fraction of sp³-hybridized carbons (Fsp3) is 0.583. The molecule has 1 atom stereocenters. The number of nitrogens with one attached hydrogen (secondary N) is 1. The van der Waals surface area contributed by atoms with E-state index in [0.29, 0.717) is 31.9 Å². The number of tetrazole rings is 1. The van der Waals surface area contributed by atoms with E-state index in [-0.39, 0.29) is 12.0 Å². The van der Waals surface area contributed by atoms with Gasteiger partial charge in [0.25, 0.3) is 0 Å². The van der Waals surface area contributed by atoms with Gasteiger partial charge in [-0.2, -0.15) is 0 Å². The second-order valence-corrected chi connectivity index (χ2v) is 5.01. The Morgan fingerprint density at radius 3 is 3.10 bits per heavy atom. The first-order valence-corrected chi connectivity index (χ1v) is 6.75. The highest BCUT2D eigenvalue weighted by atomic mass is 16.5. The van der Waals surface area contributed by atoms with Gasteiger partial charge >= 0.3 is 0 Å². The van der Waals surface area contributed by atoms with Gasteiger partial charge in [0.15, 0.2) is 5.82 Å². The predicted octanol–water partition coefficient (Wildman–Crippen LogP) is -0.616. The molecule has 0 radical (unpaired) electrons. The molecule has 1 amide bonds. The van der Waals surface area contributed by atoms with Gasteiger partial charge in [-0.3, -0.25) is 4.79 Å². The first-order chi connectivity index (χ1) is 10.1. The number of nitrogens with zero attached hydrogens (tertiary/aromatic N) is 6. The number of carbonyl (C=O) groups is 1. The number of carbonyl (C=O) groups excluding carboxylic acids is 1. The summed E-state index contributed by atoms with van der Waals surface area (Å²) in [4.78, 5) is 21.3. The van der Waals surface area contributed by atoms with Gasteiger partial charge in [-0.1, -0.05) is 0 Å². The standard InChI is InChI=1S/C12H17N7O2/c1-8-9(14-7-13-8)5-11(20)19-3-4-21-10(6-19)12-15-16-17-18(12)2/h7,10H,3-6H2,1-2H3,(H,13,14). The molecule has 0 aromatic carbocycles. The number of aromatic nitrogens is 6. The quantitative estimate of drug-likeness (QED) is 0.809. The molecule has 9 heteroatoms. The highest BCUT2D eigenvalue weighted by molar-refractivity contribution is 5.78. The molecule has 112 valence electrons. The summed E-state index contributed by atoms with van der Waals surface area (Å²) in [5, 5.41) is 11.3. The first kappa shape index (κ1) is 13.7. The van der Waals surface area contributed by atoms with E-state index < -0.39 is 0 Å². The maximum absolute atomic E-state index is 12.4. The van der Waals surface area contributed by atoms with Crippen molar-refractivity contribution in [1.29, 1.82) is 0 Å². The van der Waals surface area contributed by atoms with Crippen molar-refractivity contribution in [2.24, 2.45) is 7.05 Å². The summed E-state index contributed by atoms with van der Waals surface area (Å²) in [5.41, 5.74) is 1.70. The Bertz CT molecular complexity index is 635. The number of aryl methyl sites for hydroxylation is 2. The number of H-pyrrole nitrogens is 1. The number of hydrogen-bond acceptors (Lipinski definition) is 6. The molecular weight excluding hydrogens is 274 g/mol. The number of aromatic amines is 1. The maximum Gasteiger partial charge on any atom is 0.228 e. The lowest BCUT2D eigenvalue weighted by atomic mass is 10.2. The Morgan fingerprint density at radius 2 is 2.43 bits per heavy atom. The highest BCUT2D eigenvalue weighted by Gasteiger charge is 2.29. The Morgan fingerprint density at radius 1 is 1.57 bits per heavy atom. The van der Waals surface area contributed by atoms with E-state index in [1.165, 1.54) is 0 Å². The third kappa shape index (κ3) is 2.77. The van der Waals surface area contributed by atoms with Crippen molar-refractivity contribution in [2.45, 2.75) is 19.4 Å². The SMILES string of the molecule is Cc1[nH]cnc1CC(=O)N1CCOC(c2nnnn2C)C1. The number of amides is 1. The summed E-state index contributed by atoms with van der Waals surface area (Å²) in [7, 11) is 1.76. The third-order valence-corrected chi connectivity index (χ3v) is 3.61. The molecule has 3 rings (SSSR count). The van der Waals surface area contributed by atoms with Crippen LogP contribution in [0.4, 0.5) is 0 Å². The molecule has 21 heavy (non-hydrogen) atoms. The Hall–Kier alpha value is -2.29. The number of morpholine rings is 1. The molecule has 1 saturated heterocycles. The molecule has 1 aliphatic heterocycles. The van der Waals surface area contributed by atoms with Crippen LogP contribution in [0.15, 0.2) is 6.33 Å². The van der Waals surface area contributed by atoms with Crippen molar-refractivity contribution >= 4 is 5.91 Å². The molecule has 1 N–H and O–H groups in total. The topological polar surface area (TPSA) is 102 Å². The molecule has 0 spiro atoms. The van der Waals surface area contributed by atoms with Crippen LogP contribution in [0.3, 0.4) is 0 Å². The molecule has 2 aromatic rings. The normalized spacial score (nSPS) is 19.0. The first-order valence-electron chi connectivity index (χ1n) is 6.75. The summed E-state index contributed by atoms with van der Waals surface area (Å²) >= 11 is 0. The van der Waals surface area contributed by atoms with Crippen molar-refractivity contribution in [3.63, 3.8) is 0 Å². The van der Waals surface area contributed by atoms with Crippen LogP contribution in [0.5, 0.6) is 0 Å². The minimum Gasteiger partial charge on any atom is -0.366 e. The molecule has 3 heterocycles. The van der Waals surface area contributed by atoms with E-state index in [2.05, 4.69) is 25.5 Å². The molecule has 0 saturated carbocycles. The van der Waals surface area contributed by atoms with E-state index in [0.717, 1.165) is 11.4 Å². The number of rotatable bonds is 3. The fourth-order valence-corrected chi connectivity index (χ4v) is 2.36. The Balaban J connectivity index is 1.67. The molecule has 1 unspecified atom stereocenters. The van der Waals surface area contributed by atoms with Crippen LogP contribution >= 0.6 is 0 Å². The average molecular weight is 291 g/mol. The van der Waals surface area contributed by atoms with E-state index in [9.17, 15) is 4.79 Å².